The molecule has 27 heavy (non-hydrogen) atoms. The lowest BCUT2D eigenvalue weighted by atomic mass is 10.3. The van der Waals surface area contributed by atoms with Crippen LogP contribution < -0.4 is 15.1 Å². The van der Waals surface area contributed by atoms with E-state index in [0.717, 1.165) is 17.0 Å². The Hall–Kier alpha value is -2.41. The van der Waals surface area contributed by atoms with Gasteiger partial charge < -0.3 is 9.50 Å². The monoisotopic (exact) mass is 412 g/mol. The van der Waals surface area contributed by atoms with Crippen LogP contribution in [-0.4, -0.2) is 39.8 Å². The highest BCUT2D eigenvalue weighted by Crippen LogP contribution is 2.35. The van der Waals surface area contributed by atoms with Crippen molar-refractivity contribution in [3.8, 4) is 11.6 Å². The molecule has 0 aliphatic carbocycles. The molecule has 0 saturated heterocycles. The maximum absolute atomic E-state index is 12.9. The van der Waals surface area contributed by atoms with E-state index >= 15 is 0 Å². The lowest BCUT2D eigenvalue weighted by Crippen LogP contribution is -2.42. The van der Waals surface area contributed by atoms with Crippen molar-refractivity contribution < 1.29 is 30.3 Å². The number of rotatable bonds is 8. The third kappa shape index (κ3) is 5.29. The van der Waals surface area contributed by atoms with Crippen molar-refractivity contribution in [1.29, 1.82) is 0 Å². The number of aromatic nitrogens is 3. The molecule has 0 unspecified atom stereocenters. The number of pyridine rings is 1. The van der Waals surface area contributed by atoms with Crippen molar-refractivity contribution in [3.63, 3.8) is 0 Å². The molecule has 1 N–H and O–H groups in total. The molecule has 2 aromatic rings. The Bertz CT molecular complexity index is 831. The highest BCUT2D eigenvalue weighted by Gasteiger charge is 2.57. The van der Waals surface area contributed by atoms with Crippen molar-refractivity contribution in [3.05, 3.63) is 41.1 Å². The fourth-order valence-corrected chi connectivity index (χ4v) is 2.04. The third-order valence-electron chi connectivity index (χ3n) is 2.98. The van der Waals surface area contributed by atoms with Gasteiger partial charge in [0, 0.05) is 12.3 Å². The van der Waals surface area contributed by atoms with Crippen molar-refractivity contribution in [2.45, 2.75) is 19.0 Å². The van der Waals surface area contributed by atoms with Gasteiger partial charge in [0.25, 0.3) is 5.56 Å². The topological polar surface area (TPSA) is 78.3 Å². The van der Waals surface area contributed by atoms with Crippen LogP contribution >= 0.6 is 12.3 Å². The largest absolute Gasteiger partial charge is 0.455 e. The van der Waals surface area contributed by atoms with Gasteiger partial charge in [-0.15, -0.1) is 0 Å². The molecule has 0 amide bonds. The van der Waals surface area contributed by atoms with Crippen molar-refractivity contribution in [2.75, 3.05) is 18.5 Å². The van der Waals surface area contributed by atoms with E-state index in [0.29, 0.717) is 18.9 Å². The van der Waals surface area contributed by atoms with E-state index in [4.69, 9.17) is 8.37 Å². The summed E-state index contributed by atoms with van der Waals surface area (Å²) in [6, 6.07) is 3.80. The van der Waals surface area contributed by atoms with Crippen molar-refractivity contribution in [2.24, 2.45) is 0 Å². The summed E-state index contributed by atoms with van der Waals surface area (Å²) >= 11 is 0.659. The molecule has 2 aromatic heterocycles. The van der Waals surface area contributed by atoms with Gasteiger partial charge in [-0.25, -0.2) is 14.5 Å². The van der Waals surface area contributed by atoms with Crippen LogP contribution in [-0.2, 0) is 4.18 Å². The van der Waals surface area contributed by atoms with Gasteiger partial charge in [-0.1, -0.05) is 0 Å². The molecule has 0 atom stereocenters. The Balaban J connectivity index is 2.19. The lowest BCUT2D eigenvalue weighted by molar-refractivity contribution is -0.275. The number of nitrogens with one attached hydrogen (secondary N) is 1. The van der Waals surface area contributed by atoms with Gasteiger partial charge in [0.15, 0.2) is 11.6 Å². The van der Waals surface area contributed by atoms with Crippen molar-refractivity contribution >= 4 is 18.1 Å². The predicted octanol–water partition coefficient (Wildman–Crippen LogP) is 3.22. The van der Waals surface area contributed by atoms with E-state index in [1.54, 1.807) is 18.3 Å². The number of alkyl halides is 5. The smallest absolute Gasteiger partial charge is 0.396 e. The normalized spacial score (nSPS) is 12.1. The van der Waals surface area contributed by atoms with Crippen LogP contribution in [0.5, 0.6) is 5.75 Å². The van der Waals surface area contributed by atoms with Crippen LogP contribution in [0.25, 0.3) is 5.82 Å². The second-order valence-electron chi connectivity index (χ2n) is 4.92. The summed E-state index contributed by atoms with van der Waals surface area (Å²) in [7, 11) is 0. The highest BCUT2D eigenvalue weighted by atomic mass is 32.2. The standard InChI is InChI=1S/C14H13F5N4O3S/c1-2-25-27-26-9-4-3-5-20-12(9)23-8-22-10(6-11(23)24)21-7-13(15,16)14(17,18)19/h3-6,8,21H,2,7H2,1H3. The molecule has 13 heteroatoms. The molecule has 0 spiro atoms. The first-order valence-corrected chi connectivity index (χ1v) is 8.01. The predicted molar refractivity (Wildman–Crippen MR) is 87.0 cm³/mol. The van der Waals surface area contributed by atoms with E-state index in [2.05, 4.69) is 9.97 Å². The molecular formula is C14H13F5N4O3S. The molecule has 7 nitrogen and oxygen atoms in total. The minimum atomic E-state index is -5.71. The van der Waals surface area contributed by atoms with Crippen LogP contribution in [0.1, 0.15) is 6.92 Å². The van der Waals surface area contributed by atoms with Crippen LogP contribution in [0, 0.1) is 0 Å². The zero-order chi connectivity index (χ0) is 20.1. The zero-order valence-corrected chi connectivity index (χ0v) is 14.5. The molecule has 0 aromatic carbocycles. The Labute approximate surface area is 153 Å². The highest BCUT2D eigenvalue weighted by molar-refractivity contribution is 7.90. The van der Waals surface area contributed by atoms with E-state index in [9.17, 15) is 26.7 Å². The fraction of sp³-hybridized carbons (Fsp3) is 0.357. The van der Waals surface area contributed by atoms with E-state index in [1.807, 2.05) is 0 Å². The number of hydrogen-bond acceptors (Lipinski definition) is 7. The molecule has 2 heterocycles. The van der Waals surface area contributed by atoms with E-state index in [-0.39, 0.29) is 11.6 Å². The quantitative estimate of drug-likeness (QED) is 0.405. The Morgan fingerprint density at radius 3 is 2.63 bits per heavy atom. The Morgan fingerprint density at radius 1 is 1.26 bits per heavy atom. The second-order valence-corrected chi connectivity index (χ2v) is 5.46. The molecule has 0 aliphatic heterocycles. The third-order valence-corrected chi connectivity index (χ3v) is 3.56. The molecule has 2 rings (SSSR count). The van der Waals surface area contributed by atoms with Gasteiger partial charge in [0.2, 0.25) is 12.3 Å². The first-order chi connectivity index (χ1) is 12.7. The summed E-state index contributed by atoms with van der Waals surface area (Å²) in [6.45, 7) is 0.351. The summed E-state index contributed by atoms with van der Waals surface area (Å²) in [5.74, 6) is -5.22. The summed E-state index contributed by atoms with van der Waals surface area (Å²) < 4.78 is 73.5. The molecular weight excluding hydrogens is 399 g/mol. The van der Waals surface area contributed by atoms with Crippen LogP contribution in [0.4, 0.5) is 27.8 Å². The number of halogens is 5. The maximum atomic E-state index is 12.9. The summed E-state index contributed by atoms with van der Waals surface area (Å²) in [5, 5.41) is 1.80. The minimum Gasteiger partial charge on any atom is -0.396 e. The van der Waals surface area contributed by atoms with Gasteiger partial charge in [0.05, 0.1) is 13.2 Å². The average molecular weight is 412 g/mol. The Morgan fingerprint density at radius 2 is 2.00 bits per heavy atom. The van der Waals surface area contributed by atoms with Crippen LogP contribution in [0.15, 0.2) is 35.5 Å². The van der Waals surface area contributed by atoms with Gasteiger partial charge in [-0.3, -0.25) is 8.98 Å². The summed E-state index contributed by atoms with van der Waals surface area (Å²) in [5.41, 5.74) is -0.771. The molecule has 0 aliphatic rings. The molecule has 0 saturated carbocycles. The average Bonchev–Trinajstić information content (AvgIpc) is 2.60. The Kier molecular flexibility index (Phi) is 6.59. The van der Waals surface area contributed by atoms with E-state index < -0.39 is 30.0 Å². The van der Waals surface area contributed by atoms with Gasteiger partial charge in [-0.05, 0) is 19.1 Å². The van der Waals surface area contributed by atoms with Crippen LogP contribution in [0.3, 0.4) is 0 Å². The summed E-state index contributed by atoms with van der Waals surface area (Å²) in [4.78, 5) is 19.8. The summed E-state index contributed by atoms with van der Waals surface area (Å²) in [6.07, 6.45) is -3.42. The van der Waals surface area contributed by atoms with Gasteiger partial charge in [-0.2, -0.15) is 22.0 Å². The number of hydrogen-bond donors (Lipinski definition) is 1. The first kappa shape index (κ1) is 20.9. The first-order valence-electron chi connectivity index (χ1n) is 7.34. The van der Waals surface area contributed by atoms with Crippen molar-refractivity contribution in [1.82, 2.24) is 14.5 Å². The van der Waals surface area contributed by atoms with E-state index in [1.165, 1.54) is 12.3 Å². The van der Waals surface area contributed by atoms with Gasteiger partial charge in [0.1, 0.15) is 12.1 Å². The van der Waals surface area contributed by atoms with Crippen LogP contribution in [0.2, 0.25) is 0 Å². The maximum Gasteiger partial charge on any atom is 0.455 e. The molecule has 0 fully saturated rings. The fourth-order valence-electron chi connectivity index (χ4n) is 1.70. The lowest BCUT2D eigenvalue weighted by Gasteiger charge is -2.20. The molecule has 148 valence electrons. The number of anilines is 1. The minimum absolute atomic E-state index is 0.0365. The zero-order valence-electron chi connectivity index (χ0n) is 13.7. The molecule has 0 bridgehead atoms. The number of nitrogens with zero attached hydrogens (tertiary/aromatic N) is 3. The SMILES string of the molecule is CCOSOc1cccnc1-n1cnc(NCC(F)(F)C(F)(F)F)cc1=O. The molecule has 0 radical (unpaired) electrons. The van der Waals surface area contributed by atoms with Gasteiger partial charge >= 0.3 is 12.1 Å². The second kappa shape index (κ2) is 8.52.